The fraction of sp³-hybridized carbons (Fsp3) is 0. The molecule has 2 aromatic rings. The van der Waals surface area contributed by atoms with Gasteiger partial charge in [-0.3, -0.25) is 0 Å². The molecule has 1 heterocycles. The van der Waals surface area contributed by atoms with Gasteiger partial charge in [0.05, 0.1) is 6.20 Å². The first kappa shape index (κ1) is 8.60. The minimum atomic E-state index is 0.282. The highest BCUT2D eigenvalue weighted by atomic mass is 35.5. The van der Waals surface area contributed by atoms with Crippen molar-refractivity contribution in [1.82, 2.24) is 4.98 Å². The van der Waals surface area contributed by atoms with Crippen LogP contribution in [0.15, 0.2) is 34.9 Å². The van der Waals surface area contributed by atoms with Crippen molar-refractivity contribution in [2.45, 2.75) is 0 Å². The number of oxazole rings is 1. The molecule has 0 saturated heterocycles. The maximum atomic E-state index is 5.73. The monoisotopic (exact) mass is 213 g/mol. The Morgan fingerprint density at radius 2 is 1.77 bits per heavy atom. The van der Waals surface area contributed by atoms with Gasteiger partial charge < -0.3 is 4.42 Å². The maximum Gasteiger partial charge on any atom is 0.228 e. The van der Waals surface area contributed by atoms with Gasteiger partial charge in [-0.25, -0.2) is 4.98 Å². The average Bonchev–Trinajstić information content (AvgIpc) is 2.53. The van der Waals surface area contributed by atoms with E-state index in [1.165, 1.54) is 6.20 Å². The molecule has 0 N–H and O–H groups in total. The Hall–Kier alpha value is -0.990. The number of benzene rings is 1. The van der Waals surface area contributed by atoms with Gasteiger partial charge in [-0.1, -0.05) is 11.6 Å². The topological polar surface area (TPSA) is 26.0 Å². The predicted octanol–water partition coefficient (Wildman–Crippen LogP) is 3.65. The molecule has 0 aliphatic heterocycles. The highest BCUT2D eigenvalue weighted by Gasteiger charge is 2.03. The summed E-state index contributed by atoms with van der Waals surface area (Å²) in [6.45, 7) is 0. The number of hydrogen-bond donors (Lipinski definition) is 0. The SMILES string of the molecule is Clc1ccc(-c2ncc(Cl)o2)cc1. The molecule has 0 bridgehead atoms. The summed E-state index contributed by atoms with van der Waals surface area (Å²) in [6, 6.07) is 7.19. The zero-order valence-corrected chi connectivity index (χ0v) is 8.01. The highest BCUT2D eigenvalue weighted by molar-refractivity contribution is 6.30. The van der Waals surface area contributed by atoms with Gasteiger partial charge in [0.2, 0.25) is 11.1 Å². The highest BCUT2D eigenvalue weighted by Crippen LogP contribution is 2.22. The summed E-state index contributed by atoms with van der Waals surface area (Å²) >= 11 is 11.3. The standard InChI is InChI=1S/C9H5Cl2NO/c10-7-3-1-6(2-4-7)9-12-5-8(11)13-9/h1-5H. The van der Waals surface area contributed by atoms with E-state index in [0.29, 0.717) is 10.9 Å². The van der Waals surface area contributed by atoms with Crippen LogP contribution in [0.2, 0.25) is 10.2 Å². The van der Waals surface area contributed by atoms with Gasteiger partial charge in [0.1, 0.15) is 0 Å². The zero-order valence-electron chi connectivity index (χ0n) is 6.50. The molecule has 0 atom stereocenters. The Morgan fingerprint density at radius 3 is 2.31 bits per heavy atom. The zero-order chi connectivity index (χ0) is 9.26. The van der Waals surface area contributed by atoms with Gasteiger partial charge in [0.15, 0.2) is 0 Å². The number of aromatic nitrogens is 1. The van der Waals surface area contributed by atoms with Gasteiger partial charge in [-0.05, 0) is 35.9 Å². The maximum absolute atomic E-state index is 5.73. The second-order valence-electron chi connectivity index (χ2n) is 2.48. The van der Waals surface area contributed by atoms with Gasteiger partial charge in [0, 0.05) is 10.6 Å². The summed E-state index contributed by atoms with van der Waals surface area (Å²) in [5, 5.41) is 0.964. The van der Waals surface area contributed by atoms with E-state index in [4.69, 9.17) is 27.6 Å². The molecule has 0 spiro atoms. The molecule has 66 valence electrons. The summed E-state index contributed by atoms with van der Waals surface area (Å²) in [7, 11) is 0. The lowest BCUT2D eigenvalue weighted by atomic mass is 10.2. The Balaban J connectivity index is 2.41. The predicted molar refractivity (Wildman–Crippen MR) is 52.0 cm³/mol. The Labute approximate surface area is 85.1 Å². The Kier molecular flexibility index (Phi) is 2.25. The first-order valence-corrected chi connectivity index (χ1v) is 4.38. The van der Waals surface area contributed by atoms with E-state index in [2.05, 4.69) is 4.98 Å². The molecular weight excluding hydrogens is 209 g/mol. The molecule has 0 fully saturated rings. The minimum absolute atomic E-state index is 0.282. The van der Waals surface area contributed by atoms with E-state index in [1.807, 2.05) is 12.1 Å². The average molecular weight is 214 g/mol. The Bertz CT molecular complexity index is 408. The molecule has 0 radical (unpaired) electrons. The second kappa shape index (κ2) is 3.40. The van der Waals surface area contributed by atoms with Gasteiger partial charge in [-0.2, -0.15) is 0 Å². The minimum Gasteiger partial charge on any atom is -0.425 e. The molecule has 1 aromatic carbocycles. The van der Waals surface area contributed by atoms with Crippen LogP contribution in [0.5, 0.6) is 0 Å². The fourth-order valence-corrected chi connectivity index (χ4v) is 1.23. The number of halogens is 2. The lowest BCUT2D eigenvalue weighted by Crippen LogP contribution is -1.74. The molecule has 2 rings (SSSR count). The summed E-state index contributed by atoms with van der Waals surface area (Å²) in [4.78, 5) is 3.97. The van der Waals surface area contributed by atoms with Crippen LogP contribution < -0.4 is 0 Å². The van der Waals surface area contributed by atoms with E-state index in [9.17, 15) is 0 Å². The third-order valence-corrected chi connectivity index (χ3v) is 2.00. The molecular formula is C9H5Cl2NO. The normalized spacial score (nSPS) is 10.3. The summed E-state index contributed by atoms with van der Waals surface area (Å²) in [5.41, 5.74) is 0.858. The van der Waals surface area contributed by atoms with Crippen molar-refractivity contribution in [2.24, 2.45) is 0 Å². The van der Waals surface area contributed by atoms with Crippen molar-refractivity contribution >= 4 is 23.2 Å². The van der Waals surface area contributed by atoms with Crippen LogP contribution in [0.25, 0.3) is 11.5 Å². The molecule has 2 nitrogen and oxygen atoms in total. The summed E-state index contributed by atoms with van der Waals surface area (Å²) < 4.78 is 5.12. The summed E-state index contributed by atoms with van der Waals surface area (Å²) in [6.07, 6.45) is 1.46. The number of rotatable bonds is 1. The van der Waals surface area contributed by atoms with Gasteiger partial charge in [0.25, 0.3) is 0 Å². The van der Waals surface area contributed by atoms with Crippen LogP contribution in [0.4, 0.5) is 0 Å². The van der Waals surface area contributed by atoms with Gasteiger partial charge in [-0.15, -0.1) is 0 Å². The van der Waals surface area contributed by atoms with Crippen LogP contribution >= 0.6 is 23.2 Å². The molecule has 0 saturated carbocycles. The van der Waals surface area contributed by atoms with Crippen molar-refractivity contribution in [2.75, 3.05) is 0 Å². The smallest absolute Gasteiger partial charge is 0.228 e. The largest absolute Gasteiger partial charge is 0.425 e. The lowest BCUT2D eigenvalue weighted by Gasteiger charge is -1.93. The number of hydrogen-bond acceptors (Lipinski definition) is 2. The molecule has 1 aromatic heterocycles. The summed E-state index contributed by atoms with van der Waals surface area (Å²) in [5.74, 6) is 0.502. The van der Waals surface area contributed by atoms with E-state index in [0.717, 1.165) is 5.56 Å². The van der Waals surface area contributed by atoms with Crippen LogP contribution in [-0.4, -0.2) is 4.98 Å². The first-order chi connectivity index (χ1) is 6.25. The van der Waals surface area contributed by atoms with E-state index >= 15 is 0 Å². The molecule has 4 heteroatoms. The van der Waals surface area contributed by atoms with Crippen molar-refractivity contribution in [1.29, 1.82) is 0 Å². The van der Waals surface area contributed by atoms with Crippen LogP contribution in [0.1, 0.15) is 0 Å². The van der Waals surface area contributed by atoms with Crippen molar-refractivity contribution in [3.63, 3.8) is 0 Å². The fourth-order valence-electron chi connectivity index (χ4n) is 0.980. The first-order valence-electron chi connectivity index (χ1n) is 3.63. The number of nitrogens with zero attached hydrogens (tertiary/aromatic N) is 1. The third-order valence-electron chi connectivity index (χ3n) is 1.57. The molecule has 13 heavy (non-hydrogen) atoms. The molecule has 0 amide bonds. The van der Waals surface area contributed by atoms with Crippen LogP contribution in [0.3, 0.4) is 0 Å². The van der Waals surface area contributed by atoms with Crippen molar-refractivity contribution < 1.29 is 4.42 Å². The Morgan fingerprint density at radius 1 is 1.08 bits per heavy atom. The van der Waals surface area contributed by atoms with E-state index < -0.39 is 0 Å². The van der Waals surface area contributed by atoms with Crippen LogP contribution in [0, 0.1) is 0 Å². The molecule has 0 aliphatic carbocycles. The van der Waals surface area contributed by atoms with Crippen molar-refractivity contribution in [3.05, 3.63) is 40.7 Å². The third kappa shape index (κ3) is 1.85. The lowest BCUT2D eigenvalue weighted by molar-refractivity contribution is 0.576. The van der Waals surface area contributed by atoms with Crippen LogP contribution in [-0.2, 0) is 0 Å². The van der Waals surface area contributed by atoms with E-state index in [-0.39, 0.29) is 5.22 Å². The van der Waals surface area contributed by atoms with E-state index in [1.54, 1.807) is 12.1 Å². The second-order valence-corrected chi connectivity index (χ2v) is 3.29. The molecule has 0 aliphatic rings. The molecule has 0 unspecified atom stereocenters. The van der Waals surface area contributed by atoms with Gasteiger partial charge >= 0.3 is 0 Å². The quantitative estimate of drug-likeness (QED) is 0.723. The van der Waals surface area contributed by atoms with Crippen molar-refractivity contribution in [3.8, 4) is 11.5 Å².